The first kappa shape index (κ1) is 21.3. The highest BCUT2D eigenvalue weighted by atomic mass is 16.5. The molecule has 1 saturated heterocycles. The van der Waals surface area contributed by atoms with E-state index in [-0.39, 0.29) is 12.5 Å². The van der Waals surface area contributed by atoms with E-state index in [1.807, 2.05) is 41.3 Å². The summed E-state index contributed by atoms with van der Waals surface area (Å²) in [4.78, 5) is 14.3. The SMILES string of the molecule is Cc1ccc(OC[C@]2(O)CCCN(CC(=O)NCCc3ccccc3)C2)cc1C. The number of nitrogens with one attached hydrogen (secondary N) is 1. The summed E-state index contributed by atoms with van der Waals surface area (Å²) in [5, 5.41) is 13.9. The van der Waals surface area contributed by atoms with Gasteiger partial charge in [0.15, 0.2) is 0 Å². The number of likely N-dealkylation sites (tertiary alicyclic amines) is 1. The molecule has 1 heterocycles. The van der Waals surface area contributed by atoms with Crippen LogP contribution in [0, 0.1) is 13.8 Å². The molecule has 0 bridgehead atoms. The second-order valence-corrected chi connectivity index (χ2v) is 8.16. The Labute approximate surface area is 173 Å². The van der Waals surface area contributed by atoms with E-state index in [4.69, 9.17) is 4.74 Å². The average molecular weight is 397 g/mol. The zero-order chi connectivity index (χ0) is 20.7. The van der Waals surface area contributed by atoms with Gasteiger partial charge in [0.1, 0.15) is 18.0 Å². The van der Waals surface area contributed by atoms with Gasteiger partial charge in [0, 0.05) is 13.1 Å². The van der Waals surface area contributed by atoms with Gasteiger partial charge in [-0.15, -0.1) is 0 Å². The largest absolute Gasteiger partial charge is 0.491 e. The Morgan fingerprint density at radius 3 is 2.72 bits per heavy atom. The normalized spacial score (nSPS) is 19.7. The van der Waals surface area contributed by atoms with Crippen molar-refractivity contribution in [3.63, 3.8) is 0 Å². The van der Waals surface area contributed by atoms with Gasteiger partial charge >= 0.3 is 0 Å². The highest BCUT2D eigenvalue weighted by Gasteiger charge is 2.34. The first-order chi connectivity index (χ1) is 13.9. The monoisotopic (exact) mass is 396 g/mol. The van der Waals surface area contributed by atoms with Gasteiger partial charge in [-0.3, -0.25) is 9.69 Å². The molecule has 0 unspecified atom stereocenters. The van der Waals surface area contributed by atoms with Crippen LogP contribution < -0.4 is 10.1 Å². The molecule has 5 heteroatoms. The number of piperidine rings is 1. The number of carbonyl (C=O) groups is 1. The van der Waals surface area contributed by atoms with Crippen LogP contribution in [0.15, 0.2) is 48.5 Å². The molecule has 29 heavy (non-hydrogen) atoms. The van der Waals surface area contributed by atoms with E-state index in [1.54, 1.807) is 0 Å². The van der Waals surface area contributed by atoms with Crippen LogP contribution >= 0.6 is 0 Å². The number of benzene rings is 2. The zero-order valence-electron chi connectivity index (χ0n) is 17.5. The Hall–Kier alpha value is -2.37. The Morgan fingerprint density at radius 2 is 1.97 bits per heavy atom. The van der Waals surface area contributed by atoms with E-state index in [0.717, 1.165) is 25.1 Å². The van der Waals surface area contributed by atoms with Crippen LogP contribution in [-0.2, 0) is 11.2 Å². The smallest absolute Gasteiger partial charge is 0.234 e. The van der Waals surface area contributed by atoms with Gasteiger partial charge in [-0.25, -0.2) is 0 Å². The number of hydrogen-bond donors (Lipinski definition) is 2. The summed E-state index contributed by atoms with van der Waals surface area (Å²) in [6.45, 7) is 6.55. The van der Waals surface area contributed by atoms with E-state index in [2.05, 4.69) is 31.3 Å². The molecule has 5 nitrogen and oxygen atoms in total. The summed E-state index contributed by atoms with van der Waals surface area (Å²) in [7, 11) is 0. The maximum absolute atomic E-state index is 12.3. The highest BCUT2D eigenvalue weighted by molar-refractivity contribution is 5.78. The lowest BCUT2D eigenvalue weighted by Gasteiger charge is -2.38. The van der Waals surface area contributed by atoms with Crippen molar-refractivity contribution in [2.45, 2.75) is 38.7 Å². The fourth-order valence-electron chi connectivity index (χ4n) is 3.73. The molecule has 2 N–H and O–H groups in total. The second-order valence-electron chi connectivity index (χ2n) is 8.16. The number of amides is 1. The molecule has 3 rings (SSSR count). The summed E-state index contributed by atoms with van der Waals surface area (Å²) >= 11 is 0. The molecule has 0 aromatic heterocycles. The van der Waals surface area contributed by atoms with Crippen molar-refractivity contribution in [3.05, 3.63) is 65.2 Å². The van der Waals surface area contributed by atoms with Gasteiger partial charge in [0.2, 0.25) is 5.91 Å². The van der Waals surface area contributed by atoms with Crippen LogP contribution in [0.1, 0.15) is 29.5 Å². The van der Waals surface area contributed by atoms with E-state index in [0.29, 0.717) is 26.1 Å². The molecule has 2 aromatic carbocycles. The third kappa shape index (κ3) is 6.58. The quantitative estimate of drug-likeness (QED) is 0.720. The molecule has 1 aliphatic heterocycles. The minimum Gasteiger partial charge on any atom is -0.491 e. The lowest BCUT2D eigenvalue weighted by Crippen LogP contribution is -2.53. The average Bonchev–Trinajstić information content (AvgIpc) is 2.70. The molecular formula is C24H32N2O3. The van der Waals surface area contributed by atoms with E-state index in [9.17, 15) is 9.90 Å². The van der Waals surface area contributed by atoms with Crippen molar-refractivity contribution >= 4 is 5.91 Å². The van der Waals surface area contributed by atoms with Crippen molar-refractivity contribution in [3.8, 4) is 5.75 Å². The lowest BCUT2D eigenvalue weighted by molar-refractivity contribution is -0.124. The highest BCUT2D eigenvalue weighted by Crippen LogP contribution is 2.24. The van der Waals surface area contributed by atoms with Crippen LogP contribution in [0.25, 0.3) is 0 Å². The third-order valence-corrected chi connectivity index (χ3v) is 5.57. The standard InChI is InChI=1S/C24H32N2O3/c1-19-9-10-22(15-20(19)2)29-18-24(28)12-6-14-26(17-24)16-23(27)25-13-11-21-7-4-3-5-8-21/h3-5,7-10,15,28H,6,11-14,16-18H2,1-2H3,(H,25,27)/t24-/m0/s1. The number of carbonyl (C=O) groups excluding carboxylic acids is 1. The molecular weight excluding hydrogens is 364 g/mol. The molecule has 0 spiro atoms. The third-order valence-electron chi connectivity index (χ3n) is 5.57. The Kier molecular flexibility index (Phi) is 7.29. The minimum atomic E-state index is -0.929. The summed E-state index contributed by atoms with van der Waals surface area (Å²) < 4.78 is 5.87. The number of aliphatic hydroxyl groups is 1. The lowest BCUT2D eigenvalue weighted by atomic mass is 9.93. The van der Waals surface area contributed by atoms with Crippen LogP contribution in [0.2, 0.25) is 0 Å². The summed E-state index contributed by atoms with van der Waals surface area (Å²) in [6, 6.07) is 16.1. The topological polar surface area (TPSA) is 61.8 Å². The van der Waals surface area contributed by atoms with Crippen LogP contribution in [0.4, 0.5) is 0 Å². The maximum Gasteiger partial charge on any atom is 0.234 e. The number of hydrogen-bond acceptors (Lipinski definition) is 4. The van der Waals surface area contributed by atoms with E-state index in [1.165, 1.54) is 16.7 Å². The summed E-state index contributed by atoms with van der Waals surface area (Å²) in [5.41, 5.74) is 2.68. The second kappa shape index (κ2) is 9.90. The minimum absolute atomic E-state index is 0.000240. The first-order valence-electron chi connectivity index (χ1n) is 10.4. The maximum atomic E-state index is 12.3. The van der Waals surface area contributed by atoms with Crippen molar-refractivity contribution in [2.75, 3.05) is 32.8 Å². The molecule has 1 amide bonds. The van der Waals surface area contributed by atoms with Crippen LogP contribution in [0.5, 0.6) is 5.75 Å². The number of aryl methyl sites for hydroxylation is 2. The number of ether oxygens (including phenoxy) is 1. The van der Waals surface area contributed by atoms with Gasteiger partial charge in [-0.2, -0.15) is 0 Å². The van der Waals surface area contributed by atoms with Crippen LogP contribution in [-0.4, -0.2) is 54.3 Å². The number of rotatable bonds is 8. The molecule has 0 radical (unpaired) electrons. The zero-order valence-corrected chi connectivity index (χ0v) is 17.5. The molecule has 0 aliphatic carbocycles. The predicted molar refractivity (Wildman–Crippen MR) is 115 cm³/mol. The van der Waals surface area contributed by atoms with Crippen LogP contribution in [0.3, 0.4) is 0 Å². The molecule has 2 aromatic rings. The summed E-state index contributed by atoms with van der Waals surface area (Å²) in [6.07, 6.45) is 2.36. The van der Waals surface area contributed by atoms with Crippen molar-refractivity contribution in [2.24, 2.45) is 0 Å². The van der Waals surface area contributed by atoms with Gasteiger partial charge in [-0.1, -0.05) is 36.4 Å². The van der Waals surface area contributed by atoms with Crippen molar-refractivity contribution < 1.29 is 14.6 Å². The first-order valence-corrected chi connectivity index (χ1v) is 10.4. The van der Waals surface area contributed by atoms with E-state index >= 15 is 0 Å². The Bertz CT molecular complexity index is 809. The van der Waals surface area contributed by atoms with E-state index < -0.39 is 5.60 Å². The predicted octanol–water partition coefficient (Wildman–Crippen LogP) is 2.87. The Balaban J connectivity index is 1.43. The number of nitrogens with zero attached hydrogens (tertiary/aromatic N) is 1. The molecule has 1 atom stereocenters. The van der Waals surface area contributed by atoms with Gasteiger partial charge in [0.25, 0.3) is 0 Å². The van der Waals surface area contributed by atoms with Crippen molar-refractivity contribution in [1.29, 1.82) is 0 Å². The van der Waals surface area contributed by atoms with Crippen molar-refractivity contribution in [1.82, 2.24) is 10.2 Å². The molecule has 156 valence electrons. The summed E-state index contributed by atoms with van der Waals surface area (Å²) in [5.74, 6) is 0.776. The Morgan fingerprint density at radius 1 is 1.17 bits per heavy atom. The fourth-order valence-corrected chi connectivity index (χ4v) is 3.73. The number of β-amino-alcohol motifs (C(OH)–C–C–N with tert-alkyl or cyclic N) is 1. The van der Waals surface area contributed by atoms with Gasteiger partial charge < -0.3 is 15.2 Å². The van der Waals surface area contributed by atoms with Gasteiger partial charge in [0.05, 0.1) is 6.54 Å². The molecule has 1 aliphatic rings. The molecule has 1 fully saturated rings. The molecule has 0 saturated carbocycles. The van der Waals surface area contributed by atoms with Gasteiger partial charge in [-0.05, 0) is 68.5 Å². The fraction of sp³-hybridized carbons (Fsp3) is 0.458.